The third-order valence-electron chi connectivity index (χ3n) is 4.37. The van der Waals surface area contributed by atoms with E-state index in [4.69, 9.17) is 5.11 Å². The first-order valence-electron chi connectivity index (χ1n) is 7.46. The first-order chi connectivity index (χ1) is 9.58. The number of rotatable bonds is 9. The SMILES string of the molecule is O=C(O)C1(NC2CC2)CCCC1CCSCC(O)CO. The van der Waals surface area contributed by atoms with Crippen LogP contribution in [-0.4, -0.2) is 57.1 Å². The highest BCUT2D eigenvalue weighted by molar-refractivity contribution is 7.99. The fourth-order valence-electron chi connectivity index (χ4n) is 3.09. The summed E-state index contributed by atoms with van der Waals surface area (Å²) in [6, 6.07) is 0.399. The van der Waals surface area contributed by atoms with Crippen molar-refractivity contribution in [1.82, 2.24) is 5.32 Å². The quantitative estimate of drug-likeness (QED) is 0.472. The summed E-state index contributed by atoms with van der Waals surface area (Å²) >= 11 is 1.59. The third kappa shape index (κ3) is 3.87. The molecule has 0 spiro atoms. The van der Waals surface area contributed by atoms with Crippen LogP contribution < -0.4 is 5.32 Å². The van der Waals surface area contributed by atoms with E-state index in [1.165, 1.54) is 0 Å². The largest absolute Gasteiger partial charge is 0.480 e. The Morgan fingerprint density at radius 1 is 1.40 bits per heavy atom. The number of thioether (sulfide) groups is 1. The highest BCUT2D eigenvalue weighted by atomic mass is 32.2. The average molecular weight is 303 g/mol. The summed E-state index contributed by atoms with van der Waals surface area (Å²) in [5.41, 5.74) is -0.725. The highest BCUT2D eigenvalue weighted by Gasteiger charge is 2.50. The lowest BCUT2D eigenvalue weighted by Gasteiger charge is -2.32. The predicted octanol–water partition coefficient (Wildman–Crippen LogP) is 0.838. The van der Waals surface area contributed by atoms with E-state index in [0.717, 1.165) is 44.3 Å². The molecule has 0 aromatic rings. The van der Waals surface area contributed by atoms with Crippen molar-refractivity contribution < 1.29 is 20.1 Å². The van der Waals surface area contributed by atoms with E-state index in [0.29, 0.717) is 11.8 Å². The summed E-state index contributed by atoms with van der Waals surface area (Å²) in [6.45, 7) is -0.210. The lowest BCUT2D eigenvalue weighted by Crippen LogP contribution is -2.55. The first kappa shape index (κ1) is 16.1. The zero-order chi connectivity index (χ0) is 14.6. The van der Waals surface area contributed by atoms with Crippen LogP contribution in [0.15, 0.2) is 0 Å². The number of carboxylic acids is 1. The summed E-state index contributed by atoms with van der Waals surface area (Å²) in [5, 5.41) is 31.1. The zero-order valence-corrected chi connectivity index (χ0v) is 12.6. The molecule has 2 fully saturated rings. The molecule has 5 nitrogen and oxygen atoms in total. The maximum Gasteiger partial charge on any atom is 0.324 e. The first-order valence-corrected chi connectivity index (χ1v) is 8.61. The molecule has 20 heavy (non-hydrogen) atoms. The van der Waals surface area contributed by atoms with Crippen molar-refractivity contribution in [2.45, 2.75) is 56.2 Å². The van der Waals surface area contributed by atoms with Gasteiger partial charge in [-0.1, -0.05) is 6.42 Å². The molecule has 6 heteroatoms. The number of carboxylic acid groups (broad SMARTS) is 1. The number of hydrogen-bond donors (Lipinski definition) is 4. The van der Waals surface area contributed by atoms with Crippen molar-refractivity contribution in [2.75, 3.05) is 18.1 Å². The van der Waals surface area contributed by atoms with Crippen LogP contribution in [0.25, 0.3) is 0 Å². The molecular formula is C14H25NO4S. The van der Waals surface area contributed by atoms with Gasteiger partial charge in [0.05, 0.1) is 12.7 Å². The fraction of sp³-hybridized carbons (Fsp3) is 0.929. The Morgan fingerprint density at radius 3 is 2.75 bits per heavy atom. The Hall–Kier alpha value is -0.300. The normalized spacial score (nSPS) is 31.4. The van der Waals surface area contributed by atoms with Gasteiger partial charge in [-0.2, -0.15) is 11.8 Å². The zero-order valence-electron chi connectivity index (χ0n) is 11.8. The molecule has 0 amide bonds. The molecule has 0 aliphatic heterocycles. The number of aliphatic hydroxyl groups excluding tert-OH is 2. The Morgan fingerprint density at radius 2 is 2.15 bits per heavy atom. The lowest BCUT2D eigenvalue weighted by molar-refractivity contribution is -0.146. The summed E-state index contributed by atoms with van der Waals surface area (Å²) < 4.78 is 0. The Balaban J connectivity index is 1.83. The van der Waals surface area contributed by atoms with Crippen molar-refractivity contribution in [2.24, 2.45) is 5.92 Å². The van der Waals surface area contributed by atoms with Crippen molar-refractivity contribution >= 4 is 17.7 Å². The van der Waals surface area contributed by atoms with Crippen LogP contribution in [0.2, 0.25) is 0 Å². The minimum Gasteiger partial charge on any atom is -0.480 e. The summed E-state index contributed by atoms with van der Waals surface area (Å²) in [4.78, 5) is 11.7. The maximum absolute atomic E-state index is 11.7. The molecule has 0 aromatic carbocycles. The van der Waals surface area contributed by atoms with E-state index in [1.807, 2.05) is 0 Å². The second-order valence-corrected chi connectivity index (χ2v) is 7.13. The standard InChI is InChI=1S/C14H25NO4S/c16-8-12(17)9-20-7-5-10-2-1-6-14(10,13(18)19)15-11-3-4-11/h10-12,15-17H,1-9H2,(H,18,19). The minimum absolute atomic E-state index is 0.180. The lowest BCUT2D eigenvalue weighted by atomic mass is 9.85. The summed E-state index contributed by atoms with van der Waals surface area (Å²) in [6.07, 6.45) is 5.05. The second kappa shape index (κ2) is 7.11. The topological polar surface area (TPSA) is 89.8 Å². The molecule has 116 valence electrons. The van der Waals surface area contributed by atoms with E-state index < -0.39 is 17.6 Å². The van der Waals surface area contributed by atoms with Gasteiger partial charge in [0, 0.05) is 11.8 Å². The van der Waals surface area contributed by atoms with Gasteiger partial charge in [-0.05, 0) is 43.8 Å². The van der Waals surface area contributed by atoms with E-state index in [-0.39, 0.29) is 12.5 Å². The molecule has 2 aliphatic carbocycles. The fourth-order valence-corrected chi connectivity index (χ4v) is 4.09. The van der Waals surface area contributed by atoms with Crippen LogP contribution in [0.1, 0.15) is 38.5 Å². The van der Waals surface area contributed by atoms with E-state index in [2.05, 4.69) is 5.32 Å². The Kier molecular flexibility index (Phi) is 5.72. The molecule has 0 radical (unpaired) electrons. The van der Waals surface area contributed by atoms with Gasteiger partial charge < -0.3 is 15.3 Å². The molecule has 0 bridgehead atoms. The highest BCUT2D eigenvalue weighted by Crippen LogP contribution is 2.41. The van der Waals surface area contributed by atoms with Crippen molar-refractivity contribution in [3.05, 3.63) is 0 Å². The van der Waals surface area contributed by atoms with Gasteiger partial charge in [0.25, 0.3) is 0 Å². The Bertz CT molecular complexity index is 337. The molecule has 3 atom stereocenters. The van der Waals surface area contributed by atoms with Crippen LogP contribution in [-0.2, 0) is 4.79 Å². The van der Waals surface area contributed by atoms with Gasteiger partial charge in [0.15, 0.2) is 0 Å². The maximum atomic E-state index is 11.7. The van der Waals surface area contributed by atoms with Gasteiger partial charge in [-0.3, -0.25) is 10.1 Å². The summed E-state index contributed by atoms with van der Waals surface area (Å²) in [7, 11) is 0. The molecule has 4 N–H and O–H groups in total. The second-order valence-electron chi connectivity index (χ2n) is 5.98. The number of nitrogens with one attached hydrogen (secondary N) is 1. The predicted molar refractivity (Wildman–Crippen MR) is 78.9 cm³/mol. The van der Waals surface area contributed by atoms with Gasteiger partial charge >= 0.3 is 5.97 Å². The minimum atomic E-state index is -0.725. The molecule has 3 unspecified atom stereocenters. The molecular weight excluding hydrogens is 278 g/mol. The number of carbonyl (C=O) groups is 1. The van der Waals surface area contributed by atoms with Crippen LogP contribution in [0.4, 0.5) is 0 Å². The number of aliphatic hydroxyl groups is 2. The smallest absolute Gasteiger partial charge is 0.324 e. The van der Waals surface area contributed by atoms with Crippen LogP contribution in [0.3, 0.4) is 0 Å². The Labute approximate surface area is 124 Å². The molecule has 2 saturated carbocycles. The summed E-state index contributed by atoms with van der Waals surface area (Å²) in [5.74, 6) is 0.828. The van der Waals surface area contributed by atoms with E-state index >= 15 is 0 Å². The molecule has 0 heterocycles. The average Bonchev–Trinajstić information content (AvgIpc) is 3.14. The third-order valence-corrected chi connectivity index (χ3v) is 5.52. The molecule has 0 aromatic heterocycles. The number of hydrogen-bond acceptors (Lipinski definition) is 5. The molecule has 2 rings (SSSR count). The molecule has 2 aliphatic rings. The van der Waals surface area contributed by atoms with Crippen molar-refractivity contribution in [3.63, 3.8) is 0 Å². The van der Waals surface area contributed by atoms with Gasteiger partial charge in [-0.25, -0.2) is 0 Å². The van der Waals surface area contributed by atoms with Crippen molar-refractivity contribution in [3.8, 4) is 0 Å². The van der Waals surface area contributed by atoms with Crippen LogP contribution in [0, 0.1) is 5.92 Å². The van der Waals surface area contributed by atoms with Crippen molar-refractivity contribution in [1.29, 1.82) is 0 Å². The monoisotopic (exact) mass is 303 g/mol. The number of aliphatic carboxylic acids is 1. The van der Waals surface area contributed by atoms with Crippen LogP contribution in [0.5, 0.6) is 0 Å². The molecule has 0 saturated heterocycles. The van der Waals surface area contributed by atoms with E-state index in [9.17, 15) is 15.0 Å². The van der Waals surface area contributed by atoms with Gasteiger partial charge in [0.2, 0.25) is 0 Å². The van der Waals surface area contributed by atoms with Crippen LogP contribution >= 0.6 is 11.8 Å². The van der Waals surface area contributed by atoms with Gasteiger partial charge in [-0.15, -0.1) is 0 Å². The van der Waals surface area contributed by atoms with Gasteiger partial charge in [0.1, 0.15) is 5.54 Å². The van der Waals surface area contributed by atoms with E-state index in [1.54, 1.807) is 11.8 Å².